The largest absolute Gasteiger partial charge is 0.507 e. The van der Waals surface area contributed by atoms with Gasteiger partial charge in [0.15, 0.2) is 0 Å². The molecule has 1 aliphatic rings. The lowest BCUT2D eigenvalue weighted by atomic mass is 9.80. The number of benzene rings is 2. The number of fused-ring (bicyclic) bond motifs is 1. The van der Waals surface area contributed by atoms with E-state index in [4.69, 9.17) is 4.65 Å². The molecule has 0 saturated heterocycles. The molecule has 10 heteroatoms. The van der Waals surface area contributed by atoms with Gasteiger partial charge in [-0.05, 0) is 29.2 Å². The van der Waals surface area contributed by atoms with Crippen LogP contribution in [0.25, 0.3) is 0 Å². The molecule has 3 N–H and O–H groups in total. The monoisotopic (exact) mass is 363 g/mol. The Balaban J connectivity index is 1.92. The lowest BCUT2D eigenvalue weighted by molar-refractivity contribution is 0.0597. The van der Waals surface area contributed by atoms with Gasteiger partial charge < -0.3 is 19.5 Å². The van der Waals surface area contributed by atoms with Crippen LogP contribution in [-0.4, -0.2) is 38.7 Å². The summed E-state index contributed by atoms with van der Waals surface area (Å²) in [5.74, 6) is -1.27. The van der Waals surface area contributed by atoms with Gasteiger partial charge in [0, 0.05) is 0 Å². The van der Waals surface area contributed by atoms with E-state index in [0.29, 0.717) is 11.0 Å². The highest BCUT2D eigenvalue weighted by molar-refractivity contribution is 7.89. The van der Waals surface area contributed by atoms with Gasteiger partial charge in [-0.2, -0.15) is 4.72 Å². The van der Waals surface area contributed by atoms with Crippen molar-refractivity contribution in [2.45, 2.75) is 11.1 Å². The van der Waals surface area contributed by atoms with Crippen molar-refractivity contribution in [1.29, 1.82) is 0 Å². The Kier molecular flexibility index (Phi) is 4.52. The number of phenolic OH excluding ortho intramolecular Hbond substituents is 1. The third-order valence-electron chi connectivity index (χ3n) is 3.76. The molecule has 1 heterocycles. The van der Waals surface area contributed by atoms with E-state index in [9.17, 15) is 23.3 Å². The van der Waals surface area contributed by atoms with Gasteiger partial charge in [0.1, 0.15) is 17.5 Å². The summed E-state index contributed by atoms with van der Waals surface area (Å²) in [7, 11) is -4.22. The van der Waals surface area contributed by atoms with Crippen molar-refractivity contribution in [3.63, 3.8) is 0 Å². The van der Waals surface area contributed by atoms with Crippen molar-refractivity contribution >= 4 is 28.6 Å². The van der Waals surface area contributed by atoms with Crippen molar-refractivity contribution in [2.24, 2.45) is 0 Å². The first-order valence-corrected chi connectivity index (χ1v) is 8.68. The number of hydrogen-bond donors (Lipinski definition) is 3. The summed E-state index contributed by atoms with van der Waals surface area (Å²) in [6.07, 6.45) is -1.08. The standard InChI is InChI=1S/C15H14BNO7S/c1-23-15(19)11-8-9(6-7-13(11)18)25(21,22)17-14-10-4-2-3-5-12(10)16(20)24-14/h2-8,14,17-18,20H,1H3. The van der Waals surface area contributed by atoms with Gasteiger partial charge in [-0.25, -0.2) is 13.2 Å². The zero-order chi connectivity index (χ0) is 18.2. The molecule has 0 bridgehead atoms. The van der Waals surface area contributed by atoms with Crippen molar-refractivity contribution in [3.8, 4) is 5.75 Å². The highest BCUT2D eigenvalue weighted by atomic mass is 32.2. The Morgan fingerprint density at radius 2 is 2.00 bits per heavy atom. The molecule has 0 saturated carbocycles. The van der Waals surface area contributed by atoms with E-state index in [-0.39, 0.29) is 10.5 Å². The average Bonchev–Trinajstić information content (AvgIpc) is 2.90. The number of esters is 1. The van der Waals surface area contributed by atoms with Crippen molar-refractivity contribution < 1.29 is 32.7 Å². The fourth-order valence-corrected chi connectivity index (χ4v) is 3.63. The van der Waals surface area contributed by atoms with Gasteiger partial charge in [0.2, 0.25) is 10.0 Å². The molecule has 0 spiro atoms. The summed E-state index contributed by atoms with van der Waals surface area (Å²) in [5.41, 5.74) is 0.680. The third-order valence-corrected chi connectivity index (χ3v) is 5.15. The number of hydrogen-bond acceptors (Lipinski definition) is 7. The fourth-order valence-electron chi connectivity index (χ4n) is 2.51. The summed E-state index contributed by atoms with van der Waals surface area (Å²) in [4.78, 5) is 11.4. The summed E-state index contributed by atoms with van der Waals surface area (Å²) >= 11 is 0. The predicted molar refractivity (Wildman–Crippen MR) is 87.6 cm³/mol. The molecule has 0 aliphatic carbocycles. The van der Waals surface area contributed by atoms with Gasteiger partial charge >= 0.3 is 13.1 Å². The van der Waals surface area contributed by atoms with Crippen LogP contribution in [0.4, 0.5) is 0 Å². The number of methoxy groups -OCH3 is 1. The van der Waals surface area contributed by atoms with Crippen LogP contribution < -0.4 is 10.2 Å². The Bertz CT molecular complexity index is 931. The van der Waals surface area contributed by atoms with Gasteiger partial charge in [-0.1, -0.05) is 24.3 Å². The molecule has 3 rings (SSSR count). The minimum atomic E-state index is -4.10. The van der Waals surface area contributed by atoms with E-state index in [2.05, 4.69) is 9.46 Å². The molecule has 1 aliphatic heterocycles. The van der Waals surface area contributed by atoms with Crippen molar-refractivity contribution in [3.05, 3.63) is 53.6 Å². The topological polar surface area (TPSA) is 122 Å². The highest BCUT2D eigenvalue weighted by Gasteiger charge is 2.37. The summed E-state index contributed by atoms with van der Waals surface area (Å²) in [5, 5.41) is 19.5. The Labute approximate surface area is 144 Å². The van der Waals surface area contributed by atoms with Crippen LogP contribution in [0.1, 0.15) is 22.1 Å². The summed E-state index contributed by atoms with van der Waals surface area (Å²) < 4.78 is 37.2. The summed E-state index contributed by atoms with van der Waals surface area (Å²) in [6, 6.07) is 9.88. The first-order chi connectivity index (χ1) is 11.8. The van der Waals surface area contributed by atoms with Crippen LogP contribution in [0.3, 0.4) is 0 Å². The van der Waals surface area contributed by atoms with E-state index < -0.39 is 35.1 Å². The number of sulfonamides is 1. The van der Waals surface area contributed by atoms with E-state index in [1.807, 2.05) is 0 Å². The maximum atomic E-state index is 12.6. The van der Waals surface area contributed by atoms with Crippen molar-refractivity contribution in [1.82, 2.24) is 4.72 Å². The number of rotatable bonds is 4. The van der Waals surface area contributed by atoms with Gasteiger partial charge in [0.25, 0.3) is 0 Å². The normalized spacial score (nSPS) is 16.6. The van der Waals surface area contributed by atoms with Crippen LogP contribution in [0.2, 0.25) is 0 Å². The van der Waals surface area contributed by atoms with Crippen molar-refractivity contribution in [2.75, 3.05) is 7.11 Å². The van der Waals surface area contributed by atoms with Crippen LogP contribution in [0.5, 0.6) is 5.75 Å². The van der Waals surface area contributed by atoms with Crippen LogP contribution >= 0.6 is 0 Å². The molecule has 130 valence electrons. The molecule has 1 atom stereocenters. The average molecular weight is 363 g/mol. The second kappa shape index (κ2) is 6.49. The van der Waals surface area contributed by atoms with E-state index >= 15 is 0 Å². The minimum Gasteiger partial charge on any atom is -0.507 e. The smallest absolute Gasteiger partial charge is 0.493 e. The van der Waals surface area contributed by atoms with E-state index in [1.54, 1.807) is 24.3 Å². The number of nitrogens with one attached hydrogen (secondary N) is 1. The van der Waals surface area contributed by atoms with Crippen LogP contribution in [0.15, 0.2) is 47.4 Å². The first kappa shape index (κ1) is 17.4. The zero-order valence-corrected chi connectivity index (χ0v) is 13.9. The van der Waals surface area contributed by atoms with Gasteiger partial charge in [-0.15, -0.1) is 0 Å². The second-order valence-electron chi connectivity index (χ2n) is 5.29. The Hall–Kier alpha value is -2.40. The molecule has 2 aromatic carbocycles. The van der Waals surface area contributed by atoms with Crippen LogP contribution in [-0.2, 0) is 19.4 Å². The maximum absolute atomic E-state index is 12.6. The number of phenols is 1. The lowest BCUT2D eigenvalue weighted by Crippen LogP contribution is -2.30. The highest BCUT2D eigenvalue weighted by Crippen LogP contribution is 2.26. The quantitative estimate of drug-likeness (QED) is 0.511. The first-order valence-electron chi connectivity index (χ1n) is 7.19. The molecular formula is C15H14BNO7S. The predicted octanol–water partition coefficient (Wildman–Crippen LogP) is -0.126. The van der Waals surface area contributed by atoms with Crippen LogP contribution in [0, 0.1) is 0 Å². The number of carbonyl (C=O) groups is 1. The van der Waals surface area contributed by atoms with Gasteiger partial charge in [-0.3, -0.25) is 0 Å². The fraction of sp³-hybridized carbons (Fsp3) is 0.133. The molecule has 0 fully saturated rings. The molecule has 25 heavy (non-hydrogen) atoms. The number of carbonyl (C=O) groups excluding carboxylic acids is 1. The van der Waals surface area contributed by atoms with Gasteiger partial charge in [0.05, 0.1) is 12.0 Å². The number of aromatic hydroxyl groups is 1. The Morgan fingerprint density at radius 3 is 2.72 bits per heavy atom. The molecule has 8 nitrogen and oxygen atoms in total. The third kappa shape index (κ3) is 3.24. The molecule has 2 aromatic rings. The molecule has 0 aromatic heterocycles. The van der Waals surface area contributed by atoms with E-state index in [0.717, 1.165) is 25.3 Å². The summed E-state index contributed by atoms with van der Waals surface area (Å²) in [6.45, 7) is 0. The SMILES string of the molecule is COC(=O)c1cc(S(=O)(=O)NC2OB(O)c3ccccc32)ccc1O. The molecule has 0 amide bonds. The second-order valence-corrected chi connectivity index (χ2v) is 7.00. The maximum Gasteiger partial charge on any atom is 0.493 e. The molecule has 0 radical (unpaired) electrons. The lowest BCUT2D eigenvalue weighted by Gasteiger charge is -2.15. The Morgan fingerprint density at radius 1 is 1.28 bits per heavy atom. The minimum absolute atomic E-state index is 0.256. The molecular weight excluding hydrogens is 349 g/mol. The number of ether oxygens (including phenoxy) is 1. The van der Waals surface area contributed by atoms with E-state index in [1.165, 1.54) is 0 Å². The molecule has 1 unspecified atom stereocenters. The zero-order valence-electron chi connectivity index (χ0n) is 13.0.